The van der Waals surface area contributed by atoms with Crippen molar-refractivity contribution in [2.45, 2.75) is 110 Å². The topological polar surface area (TPSA) is 168 Å². The number of hydrogen-bond donors (Lipinski definition) is 4. The SMILES string of the molecule is CC(C)(C)[C@H](NC(=O)N[C@H](C(=O)C1CC1)C1CCCC1)C(=O)N1C[C@H]2[C@@H]([C@H]1C(=O)NC(C(=O)C(N)=O)C1CC1)C2(C)C. The van der Waals surface area contributed by atoms with E-state index in [1.807, 2.05) is 20.8 Å². The van der Waals surface area contributed by atoms with Gasteiger partial charge in [-0.05, 0) is 73.0 Å². The van der Waals surface area contributed by atoms with Crippen LogP contribution in [-0.4, -0.2) is 70.9 Å². The maximum absolute atomic E-state index is 14.2. The van der Waals surface area contributed by atoms with Crippen LogP contribution in [0.3, 0.4) is 0 Å². The normalized spacial score (nSPS) is 28.7. The highest BCUT2D eigenvalue weighted by atomic mass is 16.2. The van der Waals surface area contributed by atoms with Crippen LogP contribution in [0.1, 0.15) is 86.0 Å². The van der Waals surface area contributed by atoms with Crippen molar-refractivity contribution >= 4 is 35.3 Å². The van der Waals surface area contributed by atoms with Gasteiger partial charge < -0.3 is 26.6 Å². The van der Waals surface area contributed by atoms with Gasteiger partial charge in [0, 0.05) is 12.5 Å². The second-order valence-electron chi connectivity index (χ2n) is 15.1. The van der Waals surface area contributed by atoms with Crippen molar-refractivity contribution in [1.29, 1.82) is 0 Å². The van der Waals surface area contributed by atoms with Gasteiger partial charge in [0.05, 0.1) is 6.04 Å². The average molecular weight is 586 g/mol. The highest BCUT2D eigenvalue weighted by molar-refractivity contribution is 6.38. The summed E-state index contributed by atoms with van der Waals surface area (Å²) in [7, 11) is 0. The summed E-state index contributed by atoms with van der Waals surface area (Å²) in [5, 5.41) is 8.57. The summed E-state index contributed by atoms with van der Waals surface area (Å²) < 4.78 is 0. The van der Waals surface area contributed by atoms with Crippen molar-refractivity contribution in [1.82, 2.24) is 20.9 Å². The summed E-state index contributed by atoms with van der Waals surface area (Å²) in [6, 6.07) is -3.90. The van der Waals surface area contributed by atoms with Gasteiger partial charge in [-0.15, -0.1) is 0 Å². The molecule has 1 unspecified atom stereocenters. The molecule has 1 heterocycles. The Balaban J connectivity index is 1.32. The number of urea groups is 1. The van der Waals surface area contributed by atoms with Crippen molar-refractivity contribution in [2.75, 3.05) is 6.54 Å². The molecule has 232 valence electrons. The van der Waals surface area contributed by atoms with Gasteiger partial charge in [0.1, 0.15) is 18.1 Å². The number of Topliss-reactive ketones (excluding diaryl/α,β-unsaturated/α-hetero) is 2. The summed E-state index contributed by atoms with van der Waals surface area (Å²) in [6.07, 6.45) is 7.01. The van der Waals surface area contributed by atoms with Crippen LogP contribution in [0.5, 0.6) is 0 Å². The Labute approximate surface area is 247 Å². The minimum atomic E-state index is -1.09. The lowest BCUT2D eigenvalue weighted by Gasteiger charge is -2.38. The van der Waals surface area contributed by atoms with Crippen LogP contribution < -0.4 is 21.7 Å². The Morgan fingerprint density at radius 1 is 0.833 bits per heavy atom. The van der Waals surface area contributed by atoms with E-state index < -0.39 is 53.2 Å². The average Bonchev–Trinajstić information content (AvgIpc) is 3.87. The molecular formula is C31H47N5O6. The summed E-state index contributed by atoms with van der Waals surface area (Å²) in [6.45, 7) is 10.0. The van der Waals surface area contributed by atoms with Gasteiger partial charge in [0.15, 0.2) is 5.78 Å². The quantitative estimate of drug-likeness (QED) is 0.269. The van der Waals surface area contributed by atoms with Crippen molar-refractivity contribution in [2.24, 2.45) is 46.2 Å². The van der Waals surface area contributed by atoms with Gasteiger partial charge in [0.25, 0.3) is 5.91 Å². The fourth-order valence-corrected chi connectivity index (χ4v) is 7.49. The molecule has 5 fully saturated rings. The number of ketones is 2. The minimum absolute atomic E-state index is 0.0100. The first-order chi connectivity index (χ1) is 19.6. The lowest BCUT2D eigenvalue weighted by Crippen LogP contribution is -2.62. The second kappa shape index (κ2) is 10.9. The molecule has 5 amide bonds. The van der Waals surface area contributed by atoms with E-state index in [2.05, 4.69) is 29.8 Å². The third-order valence-electron chi connectivity index (χ3n) is 10.5. The van der Waals surface area contributed by atoms with Gasteiger partial charge in [0.2, 0.25) is 17.6 Å². The molecule has 5 rings (SSSR count). The number of carbonyl (C=O) groups is 6. The Hall–Kier alpha value is -2.98. The van der Waals surface area contributed by atoms with E-state index in [-0.39, 0.29) is 46.7 Å². The third kappa shape index (κ3) is 5.93. The molecule has 6 atom stereocenters. The van der Waals surface area contributed by atoms with Gasteiger partial charge in [-0.25, -0.2) is 4.79 Å². The van der Waals surface area contributed by atoms with Crippen LogP contribution in [0.25, 0.3) is 0 Å². The largest absolute Gasteiger partial charge is 0.363 e. The molecule has 11 heteroatoms. The Kier molecular flexibility index (Phi) is 7.94. The van der Waals surface area contributed by atoms with E-state index in [9.17, 15) is 28.8 Å². The zero-order valence-corrected chi connectivity index (χ0v) is 25.5. The predicted octanol–water partition coefficient (Wildman–Crippen LogP) is 1.67. The molecule has 0 aromatic rings. The molecule has 1 aliphatic heterocycles. The summed E-state index contributed by atoms with van der Waals surface area (Å²) in [5.74, 6) is -2.70. The number of fused-ring (bicyclic) bond motifs is 1. The number of nitrogens with zero attached hydrogens (tertiary/aromatic N) is 1. The number of nitrogens with one attached hydrogen (secondary N) is 3. The van der Waals surface area contributed by atoms with E-state index in [1.165, 1.54) is 4.90 Å². The predicted molar refractivity (Wildman–Crippen MR) is 154 cm³/mol. The molecular weight excluding hydrogens is 538 g/mol. The van der Waals surface area contributed by atoms with Crippen molar-refractivity contribution < 1.29 is 28.8 Å². The molecule has 42 heavy (non-hydrogen) atoms. The summed E-state index contributed by atoms with van der Waals surface area (Å²) in [5.41, 5.74) is 4.40. The first kappa shape index (κ1) is 30.5. The number of primary amides is 1. The van der Waals surface area contributed by atoms with Crippen LogP contribution in [0.15, 0.2) is 0 Å². The number of rotatable bonds is 11. The third-order valence-corrected chi connectivity index (χ3v) is 10.5. The van der Waals surface area contributed by atoms with Crippen LogP contribution in [0.2, 0.25) is 0 Å². The zero-order chi connectivity index (χ0) is 30.7. The Bertz CT molecular complexity index is 1160. The second-order valence-corrected chi connectivity index (χ2v) is 15.1. The number of piperidine rings is 1. The highest BCUT2D eigenvalue weighted by Gasteiger charge is 2.70. The molecule has 1 saturated heterocycles. The van der Waals surface area contributed by atoms with Crippen molar-refractivity contribution in [3.63, 3.8) is 0 Å². The maximum Gasteiger partial charge on any atom is 0.316 e. The van der Waals surface area contributed by atoms with Crippen LogP contribution in [0.4, 0.5) is 4.79 Å². The zero-order valence-electron chi connectivity index (χ0n) is 25.5. The number of nitrogens with two attached hydrogens (primary N) is 1. The number of amides is 5. The van der Waals surface area contributed by atoms with Crippen LogP contribution in [0, 0.1) is 40.4 Å². The maximum atomic E-state index is 14.2. The molecule has 5 aliphatic rings. The molecule has 0 aromatic heterocycles. The van der Waals surface area contributed by atoms with Gasteiger partial charge in [-0.3, -0.25) is 24.0 Å². The van der Waals surface area contributed by atoms with E-state index in [0.717, 1.165) is 38.5 Å². The molecule has 4 saturated carbocycles. The molecule has 5 N–H and O–H groups in total. The molecule has 11 nitrogen and oxygen atoms in total. The fraction of sp³-hybridized carbons (Fsp3) is 0.806. The lowest BCUT2D eigenvalue weighted by atomic mass is 9.85. The van der Waals surface area contributed by atoms with E-state index in [1.54, 1.807) is 0 Å². The summed E-state index contributed by atoms with van der Waals surface area (Å²) in [4.78, 5) is 80.1. The number of carbonyl (C=O) groups excluding carboxylic acids is 6. The number of hydrogen-bond acceptors (Lipinski definition) is 6. The molecule has 0 aromatic carbocycles. The first-order valence-electron chi connectivity index (χ1n) is 15.7. The Morgan fingerprint density at radius 2 is 1.43 bits per heavy atom. The van der Waals surface area contributed by atoms with Gasteiger partial charge in [-0.1, -0.05) is 47.5 Å². The first-order valence-corrected chi connectivity index (χ1v) is 15.7. The van der Waals surface area contributed by atoms with E-state index >= 15 is 0 Å². The monoisotopic (exact) mass is 585 g/mol. The van der Waals surface area contributed by atoms with Crippen LogP contribution in [-0.2, 0) is 24.0 Å². The van der Waals surface area contributed by atoms with Crippen molar-refractivity contribution in [3.05, 3.63) is 0 Å². The Morgan fingerprint density at radius 3 is 1.95 bits per heavy atom. The van der Waals surface area contributed by atoms with Gasteiger partial charge in [-0.2, -0.15) is 0 Å². The lowest BCUT2D eigenvalue weighted by molar-refractivity contribution is -0.145. The highest BCUT2D eigenvalue weighted by Crippen LogP contribution is 2.65. The van der Waals surface area contributed by atoms with E-state index in [4.69, 9.17) is 5.73 Å². The van der Waals surface area contributed by atoms with Gasteiger partial charge >= 0.3 is 6.03 Å². The minimum Gasteiger partial charge on any atom is -0.363 e. The van der Waals surface area contributed by atoms with E-state index in [0.29, 0.717) is 19.4 Å². The molecule has 4 aliphatic carbocycles. The number of likely N-dealkylation sites (tertiary alicyclic amines) is 1. The summed E-state index contributed by atoms with van der Waals surface area (Å²) >= 11 is 0. The standard InChI is InChI=1S/C31H47N5O6/c1-30(2,3)25(35-29(42)34-20(15-8-6-7-9-15)23(37)17-12-13-17)28(41)36-14-18-19(31(18,4)5)22(36)27(40)33-21(16-10-11-16)24(38)26(32)39/h15-22,25H,6-14H2,1-5H3,(H2,32,39)(H,33,40)(H2,34,35,42)/t18-,19-,20-,21?,22-,25+/m0/s1. The van der Waals surface area contributed by atoms with Crippen LogP contribution >= 0.6 is 0 Å². The molecule has 0 bridgehead atoms. The molecule has 0 spiro atoms. The fourth-order valence-electron chi connectivity index (χ4n) is 7.49. The smallest absolute Gasteiger partial charge is 0.316 e. The van der Waals surface area contributed by atoms with Crippen molar-refractivity contribution in [3.8, 4) is 0 Å². The molecule has 0 radical (unpaired) electrons.